The van der Waals surface area contributed by atoms with Crippen LogP contribution in [0.3, 0.4) is 0 Å². The molecule has 3 aromatic rings. The van der Waals surface area contributed by atoms with E-state index < -0.39 is 11.5 Å². The van der Waals surface area contributed by atoms with E-state index in [2.05, 4.69) is 5.32 Å². The topological polar surface area (TPSA) is 81.3 Å². The summed E-state index contributed by atoms with van der Waals surface area (Å²) >= 11 is 0. The Bertz CT molecular complexity index is 998. The van der Waals surface area contributed by atoms with E-state index in [1.807, 2.05) is 0 Å². The Balaban J connectivity index is 2.51. The molecule has 0 spiro atoms. The lowest BCUT2D eigenvalue weighted by atomic mass is 10.1. The largest absolute Gasteiger partial charge is 0.420 e. The molecule has 106 valence electrons. The van der Waals surface area contributed by atoms with Crippen molar-refractivity contribution in [3.05, 3.63) is 51.1 Å². The van der Waals surface area contributed by atoms with Crippen molar-refractivity contribution in [3.63, 3.8) is 0 Å². The van der Waals surface area contributed by atoms with Crippen LogP contribution >= 0.6 is 0 Å². The molecule has 1 N–H and O–H groups in total. The maximum atomic E-state index is 12.4. The van der Waals surface area contributed by atoms with Gasteiger partial charge in [-0.1, -0.05) is 12.1 Å². The van der Waals surface area contributed by atoms with Gasteiger partial charge in [0.1, 0.15) is 5.69 Å². The Labute approximate surface area is 118 Å². The highest BCUT2D eigenvalue weighted by atomic mass is 16.4. The van der Waals surface area contributed by atoms with Gasteiger partial charge < -0.3 is 14.3 Å². The fourth-order valence-corrected chi connectivity index (χ4v) is 2.36. The Morgan fingerprint density at radius 3 is 2.62 bits per heavy atom. The number of hydrogen-bond acceptors (Lipinski definition) is 4. The molecule has 0 fully saturated rings. The maximum absolute atomic E-state index is 12.4. The normalized spacial score (nSPS) is 11.0. The monoisotopic (exact) mass is 284 g/mol. The van der Waals surface area contributed by atoms with Crippen molar-refractivity contribution >= 4 is 33.5 Å². The van der Waals surface area contributed by atoms with Crippen LogP contribution in [0, 0.1) is 0 Å². The number of fused-ring (bicyclic) bond motifs is 3. The standard InChI is InChI=1S/C15H12N2O4/c1-8(18)16-11-7-10-13(21-15(11)20)9-5-3-4-6-12(9)17(2)14(10)19/h3-7H,1-2H3,(H,16,18). The molecule has 0 bridgehead atoms. The molecule has 6 heteroatoms. The minimum Gasteiger partial charge on any atom is -0.420 e. The highest BCUT2D eigenvalue weighted by Gasteiger charge is 2.14. The first kappa shape index (κ1) is 13.1. The van der Waals surface area contributed by atoms with E-state index >= 15 is 0 Å². The van der Waals surface area contributed by atoms with Crippen LogP contribution in [0.25, 0.3) is 21.9 Å². The summed E-state index contributed by atoms with van der Waals surface area (Å²) in [7, 11) is 1.65. The van der Waals surface area contributed by atoms with E-state index in [1.54, 1.807) is 31.3 Å². The summed E-state index contributed by atoms with van der Waals surface area (Å²) in [6.45, 7) is 1.28. The zero-order chi connectivity index (χ0) is 15.1. The van der Waals surface area contributed by atoms with E-state index in [9.17, 15) is 14.4 Å². The van der Waals surface area contributed by atoms with E-state index in [0.29, 0.717) is 10.9 Å². The summed E-state index contributed by atoms with van der Waals surface area (Å²) in [5.41, 5.74) is -0.115. The minimum absolute atomic E-state index is 0.0395. The molecule has 1 aromatic carbocycles. The molecular weight excluding hydrogens is 272 g/mol. The molecule has 21 heavy (non-hydrogen) atoms. The number of aromatic nitrogens is 1. The number of pyridine rings is 1. The average Bonchev–Trinajstić information content (AvgIpc) is 2.46. The molecule has 2 heterocycles. The van der Waals surface area contributed by atoms with Crippen LogP contribution in [0.1, 0.15) is 6.92 Å². The lowest BCUT2D eigenvalue weighted by Crippen LogP contribution is -2.20. The SMILES string of the molecule is CC(=O)Nc1cc2c(=O)n(C)c3ccccc3c2oc1=O. The molecule has 1 amide bonds. The summed E-state index contributed by atoms with van der Waals surface area (Å²) in [6, 6.07) is 8.51. The summed E-state index contributed by atoms with van der Waals surface area (Å²) in [5.74, 6) is -0.403. The molecular formula is C15H12N2O4. The Morgan fingerprint density at radius 2 is 1.90 bits per heavy atom. The number of benzene rings is 1. The van der Waals surface area contributed by atoms with Gasteiger partial charge in [0.25, 0.3) is 5.56 Å². The van der Waals surface area contributed by atoms with Gasteiger partial charge in [-0.2, -0.15) is 0 Å². The van der Waals surface area contributed by atoms with Crippen molar-refractivity contribution < 1.29 is 9.21 Å². The first-order valence-corrected chi connectivity index (χ1v) is 6.32. The molecule has 6 nitrogen and oxygen atoms in total. The van der Waals surface area contributed by atoms with Crippen LogP contribution in [0.5, 0.6) is 0 Å². The van der Waals surface area contributed by atoms with Gasteiger partial charge in [0, 0.05) is 19.4 Å². The second kappa shape index (κ2) is 4.59. The Hall–Kier alpha value is -2.89. The highest BCUT2D eigenvalue weighted by Crippen LogP contribution is 2.22. The fourth-order valence-electron chi connectivity index (χ4n) is 2.36. The van der Waals surface area contributed by atoms with Crippen LogP contribution in [-0.4, -0.2) is 10.5 Å². The minimum atomic E-state index is -0.684. The predicted octanol–water partition coefficient (Wildman–Crippen LogP) is 1.60. The van der Waals surface area contributed by atoms with E-state index in [0.717, 1.165) is 0 Å². The molecule has 0 atom stereocenters. The summed E-state index contributed by atoms with van der Waals surface area (Å²) < 4.78 is 6.74. The van der Waals surface area contributed by atoms with Crippen LogP contribution < -0.4 is 16.5 Å². The van der Waals surface area contributed by atoms with Crippen LogP contribution in [-0.2, 0) is 11.8 Å². The third kappa shape index (κ3) is 2.01. The maximum Gasteiger partial charge on any atom is 0.360 e. The van der Waals surface area contributed by atoms with E-state index in [-0.39, 0.29) is 22.2 Å². The van der Waals surface area contributed by atoms with Gasteiger partial charge in [-0.15, -0.1) is 0 Å². The van der Waals surface area contributed by atoms with Crippen molar-refractivity contribution in [2.45, 2.75) is 6.92 Å². The van der Waals surface area contributed by atoms with Crippen molar-refractivity contribution in [1.82, 2.24) is 4.57 Å². The van der Waals surface area contributed by atoms with Gasteiger partial charge in [-0.3, -0.25) is 9.59 Å². The molecule has 0 saturated heterocycles. The average molecular weight is 284 g/mol. The van der Waals surface area contributed by atoms with Gasteiger partial charge in [0.05, 0.1) is 10.9 Å². The number of carbonyl (C=O) groups is 1. The Kier molecular flexibility index (Phi) is 2.86. The van der Waals surface area contributed by atoms with Crippen molar-refractivity contribution in [1.29, 1.82) is 0 Å². The van der Waals surface area contributed by atoms with E-state index in [4.69, 9.17) is 4.42 Å². The van der Waals surface area contributed by atoms with Crippen LogP contribution in [0.2, 0.25) is 0 Å². The first-order valence-electron chi connectivity index (χ1n) is 6.32. The molecule has 3 rings (SSSR count). The van der Waals surface area contributed by atoms with Gasteiger partial charge in [0.15, 0.2) is 5.58 Å². The fraction of sp³-hybridized carbons (Fsp3) is 0.133. The zero-order valence-electron chi connectivity index (χ0n) is 11.5. The number of aryl methyl sites for hydroxylation is 1. The van der Waals surface area contributed by atoms with E-state index in [1.165, 1.54) is 17.6 Å². The van der Waals surface area contributed by atoms with Gasteiger partial charge in [0.2, 0.25) is 5.91 Å². The smallest absolute Gasteiger partial charge is 0.360 e. The summed E-state index contributed by atoms with van der Waals surface area (Å²) in [5, 5.41) is 3.28. The quantitative estimate of drug-likeness (QED) is 0.688. The molecule has 0 radical (unpaired) electrons. The number of nitrogens with zero attached hydrogens (tertiary/aromatic N) is 1. The molecule has 0 unspecified atom stereocenters. The van der Waals surface area contributed by atoms with Crippen LogP contribution in [0.4, 0.5) is 5.69 Å². The van der Waals surface area contributed by atoms with Gasteiger partial charge >= 0.3 is 5.63 Å². The first-order chi connectivity index (χ1) is 9.99. The predicted molar refractivity (Wildman–Crippen MR) is 79.5 cm³/mol. The number of nitrogens with one attached hydrogen (secondary N) is 1. The van der Waals surface area contributed by atoms with Gasteiger partial charge in [-0.05, 0) is 18.2 Å². The summed E-state index contributed by atoms with van der Waals surface area (Å²) in [6.07, 6.45) is 0. The lowest BCUT2D eigenvalue weighted by Gasteiger charge is -2.08. The highest BCUT2D eigenvalue weighted by molar-refractivity contribution is 6.03. The Morgan fingerprint density at radius 1 is 1.19 bits per heavy atom. The lowest BCUT2D eigenvalue weighted by molar-refractivity contribution is -0.114. The van der Waals surface area contributed by atoms with Crippen molar-refractivity contribution in [3.8, 4) is 0 Å². The number of amides is 1. The summed E-state index contributed by atoms with van der Waals surface area (Å²) in [4.78, 5) is 35.4. The molecule has 0 aliphatic rings. The number of rotatable bonds is 1. The van der Waals surface area contributed by atoms with Crippen molar-refractivity contribution in [2.24, 2.45) is 7.05 Å². The van der Waals surface area contributed by atoms with Gasteiger partial charge in [-0.25, -0.2) is 4.79 Å². The van der Waals surface area contributed by atoms with Crippen LogP contribution in [0.15, 0.2) is 44.3 Å². The number of hydrogen-bond donors (Lipinski definition) is 1. The zero-order valence-corrected chi connectivity index (χ0v) is 11.5. The molecule has 0 aliphatic carbocycles. The molecule has 2 aromatic heterocycles. The van der Waals surface area contributed by atoms with Crippen molar-refractivity contribution in [2.75, 3.05) is 5.32 Å². The number of carbonyl (C=O) groups excluding carboxylic acids is 1. The number of anilines is 1. The second-order valence-corrected chi connectivity index (χ2v) is 4.75. The molecule has 0 saturated carbocycles. The molecule has 0 aliphatic heterocycles. The third-order valence-corrected chi connectivity index (χ3v) is 3.30. The third-order valence-electron chi connectivity index (χ3n) is 3.30. The number of para-hydroxylation sites is 1. The second-order valence-electron chi connectivity index (χ2n) is 4.75.